The van der Waals surface area contributed by atoms with Gasteiger partial charge in [-0.1, -0.05) is 30.0 Å². The highest BCUT2D eigenvalue weighted by atomic mass is 32.2. The van der Waals surface area contributed by atoms with Crippen molar-refractivity contribution in [2.45, 2.75) is 18.7 Å². The smallest absolute Gasteiger partial charge is 0.387 e. The predicted octanol–water partition coefficient (Wildman–Crippen LogP) is 4.49. The lowest BCUT2D eigenvalue weighted by Gasteiger charge is -2.10. The number of thioether (sulfide) groups is 1. The number of halogens is 2. The molecule has 4 rings (SSSR count). The second-order valence-corrected chi connectivity index (χ2v) is 7.88. The van der Waals surface area contributed by atoms with Gasteiger partial charge < -0.3 is 9.15 Å². The average molecular weight is 484 g/mol. The van der Waals surface area contributed by atoms with Gasteiger partial charge in [0.15, 0.2) is 11.0 Å². The molecule has 2 heterocycles. The van der Waals surface area contributed by atoms with Crippen LogP contribution in [0.3, 0.4) is 0 Å². The molecule has 174 valence electrons. The van der Waals surface area contributed by atoms with Gasteiger partial charge in [-0.25, -0.2) is 0 Å². The van der Waals surface area contributed by atoms with Gasteiger partial charge in [-0.3, -0.25) is 19.5 Å². The highest BCUT2D eigenvalue weighted by Gasteiger charge is 2.20. The van der Waals surface area contributed by atoms with Crippen molar-refractivity contribution in [1.82, 2.24) is 20.1 Å². The van der Waals surface area contributed by atoms with Crippen LogP contribution in [0, 0.1) is 6.92 Å². The zero-order chi connectivity index (χ0) is 24.1. The molecule has 2 aromatic heterocycles. The topological polar surface area (TPSA) is 99.2 Å². The number of amides is 2. The van der Waals surface area contributed by atoms with Gasteiger partial charge in [-0.05, 0) is 49.4 Å². The Morgan fingerprint density at radius 1 is 1.09 bits per heavy atom. The number of nitrogens with zero attached hydrogens (tertiary/aromatic N) is 3. The first kappa shape index (κ1) is 23.2. The van der Waals surface area contributed by atoms with Crippen molar-refractivity contribution in [3.63, 3.8) is 0 Å². The minimum absolute atomic E-state index is 0.0858. The number of carbonyl (C=O) groups is 2. The minimum Gasteiger partial charge on any atom is -0.469 e. The Morgan fingerprint density at radius 3 is 2.47 bits per heavy atom. The Kier molecular flexibility index (Phi) is 7.02. The number of para-hydroxylation sites is 1. The lowest BCUT2D eigenvalue weighted by molar-refractivity contribution is -0.117. The molecule has 0 spiro atoms. The first-order valence-corrected chi connectivity index (χ1v) is 11.0. The van der Waals surface area contributed by atoms with E-state index in [1.165, 1.54) is 24.3 Å². The van der Waals surface area contributed by atoms with Crippen LogP contribution in [0.15, 0.2) is 76.5 Å². The van der Waals surface area contributed by atoms with Gasteiger partial charge in [0.1, 0.15) is 11.5 Å². The highest BCUT2D eigenvalue weighted by Crippen LogP contribution is 2.30. The highest BCUT2D eigenvalue weighted by molar-refractivity contribution is 7.99. The molecule has 0 saturated heterocycles. The van der Waals surface area contributed by atoms with Crippen LogP contribution in [-0.2, 0) is 4.79 Å². The molecule has 0 fully saturated rings. The maximum atomic E-state index is 12.4. The zero-order valence-electron chi connectivity index (χ0n) is 17.8. The summed E-state index contributed by atoms with van der Waals surface area (Å²) in [6, 6.07) is 16.2. The first-order chi connectivity index (χ1) is 16.4. The van der Waals surface area contributed by atoms with Crippen LogP contribution in [0.5, 0.6) is 5.75 Å². The molecule has 2 aromatic carbocycles. The number of aryl methyl sites for hydroxylation is 1. The summed E-state index contributed by atoms with van der Waals surface area (Å²) in [6.07, 6.45) is 1.56. The summed E-state index contributed by atoms with van der Waals surface area (Å²) in [7, 11) is 0. The van der Waals surface area contributed by atoms with Gasteiger partial charge in [0.2, 0.25) is 5.91 Å². The number of aromatic nitrogens is 3. The van der Waals surface area contributed by atoms with Crippen molar-refractivity contribution >= 4 is 23.6 Å². The van der Waals surface area contributed by atoms with Crippen molar-refractivity contribution in [2.24, 2.45) is 0 Å². The second kappa shape index (κ2) is 10.3. The first-order valence-electron chi connectivity index (χ1n) is 9.99. The lowest BCUT2D eigenvalue weighted by atomic mass is 10.2. The van der Waals surface area contributed by atoms with Gasteiger partial charge in [-0.2, -0.15) is 8.78 Å². The second-order valence-electron chi connectivity index (χ2n) is 6.94. The number of furan rings is 1. The molecule has 2 amide bonds. The Morgan fingerprint density at radius 2 is 1.82 bits per heavy atom. The fourth-order valence-electron chi connectivity index (χ4n) is 3.12. The molecule has 0 aliphatic heterocycles. The van der Waals surface area contributed by atoms with Crippen LogP contribution in [-0.4, -0.2) is 38.9 Å². The van der Waals surface area contributed by atoms with E-state index in [-0.39, 0.29) is 17.1 Å². The summed E-state index contributed by atoms with van der Waals surface area (Å²) in [6.45, 7) is -1.15. The maximum absolute atomic E-state index is 12.4. The van der Waals surface area contributed by atoms with Gasteiger partial charge in [0, 0.05) is 11.3 Å². The van der Waals surface area contributed by atoms with E-state index in [0.717, 1.165) is 23.0 Å². The van der Waals surface area contributed by atoms with Crippen molar-refractivity contribution in [2.75, 3.05) is 5.75 Å². The maximum Gasteiger partial charge on any atom is 0.387 e. The number of nitrogens with one attached hydrogen (secondary N) is 1. The van der Waals surface area contributed by atoms with Crippen LogP contribution in [0.1, 0.15) is 16.1 Å². The third kappa shape index (κ3) is 5.31. The summed E-state index contributed by atoms with van der Waals surface area (Å²) in [5.74, 6) is -0.164. The number of ether oxygens (including phenoxy) is 1. The molecule has 0 radical (unpaired) electrons. The van der Waals surface area contributed by atoms with E-state index in [1.807, 2.05) is 37.3 Å². The minimum atomic E-state index is -2.96. The van der Waals surface area contributed by atoms with Crippen LogP contribution in [0.2, 0.25) is 0 Å². The molecule has 8 nitrogen and oxygen atoms in total. The Bertz CT molecular complexity index is 1290. The number of imide groups is 1. The predicted molar refractivity (Wildman–Crippen MR) is 120 cm³/mol. The van der Waals surface area contributed by atoms with Gasteiger partial charge in [0.25, 0.3) is 5.91 Å². The summed E-state index contributed by atoms with van der Waals surface area (Å²) < 4.78 is 35.9. The van der Waals surface area contributed by atoms with E-state index < -0.39 is 18.4 Å². The number of rotatable bonds is 8. The summed E-state index contributed by atoms with van der Waals surface area (Å²) in [5, 5.41) is 11.2. The van der Waals surface area contributed by atoms with Gasteiger partial charge in [0.05, 0.1) is 17.6 Å². The third-order valence-electron chi connectivity index (χ3n) is 4.67. The standard InChI is InChI=1S/C23H18F2N4O4S/c1-14-18(11-12-32-14)20-27-28-23(29(20)16-5-3-2-4-6-16)34-13-19(30)26-21(31)15-7-9-17(10-8-15)33-22(24)25/h2-12,22H,13H2,1H3,(H,26,30,31). The SMILES string of the molecule is Cc1occc1-c1nnc(SCC(=O)NC(=O)c2ccc(OC(F)F)cc2)n1-c1ccccc1. The largest absolute Gasteiger partial charge is 0.469 e. The molecule has 0 unspecified atom stereocenters. The Labute approximate surface area is 196 Å². The third-order valence-corrected chi connectivity index (χ3v) is 5.60. The summed E-state index contributed by atoms with van der Waals surface area (Å²) in [4.78, 5) is 24.7. The quantitative estimate of drug-likeness (QED) is 0.368. The van der Waals surface area contributed by atoms with E-state index in [4.69, 9.17) is 4.42 Å². The van der Waals surface area contributed by atoms with Gasteiger partial charge >= 0.3 is 6.61 Å². The number of hydrogen-bond donors (Lipinski definition) is 1. The zero-order valence-corrected chi connectivity index (χ0v) is 18.6. The summed E-state index contributed by atoms with van der Waals surface area (Å²) >= 11 is 1.11. The van der Waals surface area contributed by atoms with Crippen LogP contribution in [0.25, 0.3) is 17.1 Å². The van der Waals surface area contributed by atoms with Crippen LogP contribution >= 0.6 is 11.8 Å². The van der Waals surface area contributed by atoms with Crippen molar-refractivity contribution < 1.29 is 27.5 Å². The Hall–Kier alpha value is -3.99. The van der Waals surface area contributed by atoms with Crippen molar-refractivity contribution in [1.29, 1.82) is 0 Å². The number of hydrogen-bond acceptors (Lipinski definition) is 7. The molecular weight excluding hydrogens is 466 g/mol. The molecule has 0 aliphatic rings. The summed E-state index contributed by atoms with van der Waals surface area (Å²) in [5.41, 5.74) is 1.69. The fourth-order valence-corrected chi connectivity index (χ4v) is 3.87. The van der Waals surface area contributed by atoms with E-state index in [9.17, 15) is 18.4 Å². The number of benzene rings is 2. The fraction of sp³-hybridized carbons (Fsp3) is 0.130. The molecule has 34 heavy (non-hydrogen) atoms. The number of carbonyl (C=O) groups excluding carboxylic acids is 2. The van der Waals surface area contributed by atoms with E-state index >= 15 is 0 Å². The monoisotopic (exact) mass is 484 g/mol. The van der Waals surface area contributed by atoms with E-state index in [2.05, 4.69) is 20.3 Å². The molecule has 0 saturated carbocycles. The molecular formula is C23H18F2N4O4S. The molecule has 0 aliphatic carbocycles. The molecule has 0 atom stereocenters. The van der Waals surface area contributed by atoms with Crippen molar-refractivity contribution in [3.8, 4) is 22.8 Å². The van der Waals surface area contributed by atoms with Crippen LogP contribution in [0.4, 0.5) is 8.78 Å². The van der Waals surface area contributed by atoms with Crippen LogP contribution < -0.4 is 10.1 Å². The average Bonchev–Trinajstić information content (AvgIpc) is 3.44. The molecule has 0 bridgehead atoms. The Balaban J connectivity index is 1.46. The van der Waals surface area contributed by atoms with Gasteiger partial charge in [-0.15, -0.1) is 10.2 Å². The number of alkyl halides is 2. The van der Waals surface area contributed by atoms with E-state index in [0.29, 0.717) is 16.7 Å². The molecule has 4 aromatic rings. The normalized spacial score (nSPS) is 10.9. The van der Waals surface area contributed by atoms with Crippen molar-refractivity contribution in [3.05, 3.63) is 78.3 Å². The lowest BCUT2D eigenvalue weighted by Crippen LogP contribution is -2.31. The van der Waals surface area contributed by atoms with E-state index in [1.54, 1.807) is 16.9 Å². The molecule has 1 N–H and O–H groups in total. The molecule has 11 heteroatoms.